The van der Waals surface area contributed by atoms with Gasteiger partial charge in [-0.1, -0.05) is 42.0 Å². The predicted molar refractivity (Wildman–Crippen MR) is 83.5 cm³/mol. The number of benzene rings is 1. The van der Waals surface area contributed by atoms with Crippen molar-refractivity contribution in [3.63, 3.8) is 0 Å². The maximum absolute atomic E-state index is 11.0. The second-order valence-corrected chi connectivity index (χ2v) is 6.26. The molecule has 0 heterocycles. The van der Waals surface area contributed by atoms with Crippen molar-refractivity contribution in [1.82, 2.24) is 0 Å². The third kappa shape index (κ3) is 5.31. The number of rotatable bonds is 6. The highest BCUT2D eigenvalue weighted by Gasteiger charge is 2.31. The Labute approximate surface area is 122 Å². The minimum absolute atomic E-state index is 0.505. The zero-order valence-corrected chi connectivity index (χ0v) is 13.0. The van der Waals surface area contributed by atoms with Crippen LogP contribution in [0.4, 0.5) is 0 Å². The number of hydrogen-bond acceptors (Lipinski definition) is 3. The Morgan fingerprint density at radius 2 is 1.90 bits per heavy atom. The van der Waals surface area contributed by atoms with Crippen LogP contribution in [-0.2, 0) is 10.3 Å². The molecule has 0 aliphatic carbocycles. The van der Waals surface area contributed by atoms with Gasteiger partial charge in [0.2, 0.25) is 10.3 Å². The van der Waals surface area contributed by atoms with Crippen LogP contribution in [0, 0.1) is 0 Å². The zero-order chi connectivity index (χ0) is 15.2. The molecule has 110 valence electrons. The summed E-state index contributed by atoms with van der Waals surface area (Å²) in [5.41, 5.74) is 0.889. The van der Waals surface area contributed by atoms with E-state index in [1.807, 2.05) is 50.3 Å². The summed E-state index contributed by atoms with van der Waals surface area (Å²) < 4.78 is 22.1. The van der Waals surface area contributed by atoms with Crippen LogP contribution in [0.1, 0.15) is 45.1 Å². The first-order valence-electron chi connectivity index (χ1n) is 6.66. The van der Waals surface area contributed by atoms with Crippen LogP contribution in [-0.4, -0.2) is 24.5 Å². The topological polar surface area (TPSA) is 54.4 Å². The quantitative estimate of drug-likeness (QED) is 0.648. The van der Waals surface area contributed by atoms with E-state index < -0.39 is 21.8 Å². The summed E-state index contributed by atoms with van der Waals surface area (Å²) in [5.74, 6) is -0.535. The van der Waals surface area contributed by atoms with Gasteiger partial charge < -0.3 is 5.11 Å². The average Bonchev–Trinajstić information content (AvgIpc) is 2.36. The van der Waals surface area contributed by atoms with Crippen molar-refractivity contribution in [3.8, 4) is 0 Å². The van der Waals surface area contributed by atoms with Crippen LogP contribution in [0.2, 0.25) is 0 Å². The van der Waals surface area contributed by atoms with Gasteiger partial charge in [-0.05, 0) is 39.2 Å². The van der Waals surface area contributed by atoms with E-state index in [2.05, 4.69) is 0 Å². The fourth-order valence-corrected chi connectivity index (χ4v) is 2.84. The Bertz CT molecular complexity index is 571. The van der Waals surface area contributed by atoms with E-state index in [4.69, 9.17) is 0 Å². The van der Waals surface area contributed by atoms with Crippen LogP contribution < -0.4 is 0 Å². The molecule has 1 N–H and O–H groups in total. The van der Waals surface area contributed by atoms with Crippen LogP contribution in [0.25, 0.3) is 0 Å². The van der Waals surface area contributed by atoms with E-state index >= 15 is 0 Å². The van der Waals surface area contributed by atoms with E-state index in [0.717, 1.165) is 12.0 Å². The second kappa shape index (κ2) is 7.41. The summed E-state index contributed by atoms with van der Waals surface area (Å²) in [6.07, 6.45) is 3.27. The fraction of sp³-hybridized carbons (Fsp3) is 0.438. The third-order valence-electron chi connectivity index (χ3n) is 3.28. The van der Waals surface area contributed by atoms with Gasteiger partial charge in [0, 0.05) is 11.3 Å². The van der Waals surface area contributed by atoms with Gasteiger partial charge in [0.25, 0.3) is 0 Å². The Kier molecular flexibility index (Phi) is 6.17. The Morgan fingerprint density at radius 3 is 2.40 bits per heavy atom. The van der Waals surface area contributed by atoms with Gasteiger partial charge in [0.1, 0.15) is 0 Å². The summed E-state index contributed by atoms with van der Waals surface area (Å²) in [5, 5.41) is 11.8. The lowest BCUT2D eigenvalue weighted by molar-refractivity contribution is 0.0445. The monoisotopic (exact) mass is 294 g/mol. The van der Waals surface area contributed by atoms with Crippen molar-refractivity contribution in [2.75, 3.05) is 0 Å². The third-order valence-corrected chi connectivity index (χ3v) is 3.77. The van der Waals surface area contributed by atoms with Crippen LogP contribution in [0.3, 0.4) is 0 Å². The Morgan fingerprint density at radius 1 is 1.30 bits per heavy atom. The molecule has 2 atom stereocenters. The molecule has 4 heteroatoms. The van der Waals surface area contributed by atoms with E-state index in [-0.39, 0.29) is 0 Å². The minimum Gasteiger partial charge on any atom is -0.389 e. The largest absolute Gasteiger partial charge is 0.389 e. The fourth-order valence-electron chi connectivity index (χ4n) is 2.16. The van der Waals surface area contributed by atoms with Crippen molar-refractivity contribution in [3.05, 3.63) is 47.5 Å². The zero-order valence-electron chi connectivity index (χ0n) is 12.2. The highest BCUT2D eigenvalue weighted by atomic mass is 32.2. The van der Waals surface area contributed by atoms with E-state index in [1.165, 1.54) is 10.9 Å². The molecule has 2 unspecified atom stereocenters. The molecular weight excluding hydrogens is 272 g/mol. The lowest BCUT2D eigenvalue weighted by atomic mass is 9.81. The molecule has 0 bridgehead atoms. The first-order chi connectivity index (χ1) is 9.33. The van der Waals surface area contributed by atoms with Crippen molar-refractivity contribution < 1.29 is 13.5 Å². The van der Waals surface area contributed by atoms with E-state index in [9.17, 15) is 13.5 Å². The van der Waals surface area contributed by atoms with Crippen molar-refractivity contribution >= 4 is 15.7 Å². The Balaban J connectivity index is 3.04. The molecule has 0 radical (unpaired) electrons. The first kappa shape index (κ1) is 16.7. The van der Waals surface area contributed by atoms with Gasteiger partial charge in [-0.3, -0.25) is 0 Å². The summed E-state index contributed by atoms with van der Waals surface area (Å²) in [7, 11) is -2.31. The molecule has 20 heavy (non-hydrogen) atoms. The molecule has 3 nitrogen and oxygen atoms in total. The maximum Gasteiger partial charge on any atom is 0.210 e. The van der Waals surface area contributed by atoms with E-state index in [0.29, 0.717) is 6.42 Å². The molecule has 0 spiro atoms. The molecule has 0 fully saturated rings. The highest BCUT2D eigenvalue weighted by Crippen LogP contribution is 2.30. The normalized spacial score (nSPS) is 15.0. The molecule has 0 saturated heterocycles. The second-order valence-electron chi connectivity index (χ2n) is 5.46. The van der Waals surface area contributed by atoms with Crippen molar-refractivity contribution in [2.45, 2.75) is 45.1 Å². The average molecular weight is 294 g/mol. The summed E-state index contributed by atoms with van der Waals surface area (Å²) in [6, 6.07) is 9.23. The molecule has 0 aliphatic rings. The molecule has 1 aromatic carbocycles. The van der Waals surface area contributed by atoms with Crippen molar-refractivity contribution in [1.29, 1.82) is 0 Å². The molecular formula is C16H22O3S. The van der Waals surface area contributed by atoms with Gasteiger partial charge in [-0.25, -0.2) is 0 Å². The standard InChI is InChI=1S/C16H22O3S/c1-13(2)8-7-11-16(3,17)15(12-20(18)19)14-9-5-4-6-10-14/h4-6,8-10,12,15,17H,7,11H2,1-3H3. The van der Waals surface area contributed by atoms with Gasteiger partial charge in [-0.2, -0.15) is 8.42 Å². The van der Waals surface area contributed by atoms with E-state index in [1.54, 1.807) is 6.92 Å². The van der Waals surface area contributed by atoms with Gasteiger partial charge >= 0.3 is 0 Å². The smallest absolute Gasteiger partial charge is 0.210 e. The van der Waals surface area contributed by atoms with Crippen LogP contribution in [0.15, 0.2) is 42.0 Å². The summed E-state index contributed by atoms with van der Waals surface area (Å²) in [4.78, 5) is 0. The first-order valence-corrected chi connectivity index (χ1v) is 7.80. The number of allylic oxidation sites excluding steroid dienone is 2. The predicted octanol–water partition coefficient (Wildman–Crippen LogP) is 2.95. The Hall–Kier alpha value is -1.39. The highest BCUT2D eigenvalue weighted by molar-refractivity contribution is 7.71. The molecule has 1 rings (SSSR count). The SMILES string of the molecule is CC(C)=CCCC(C)(O)C(C=S(=O)=O)c1ccccc1. The van der Waals surface area contributed by atoms with Gasteiger partial charge in [0.05, 0.1) is 5.60 Å². The molecule has 0 aliphatic heterocycles. The number of aliphatic hydroxyl groups is 1. The lowest BCUT2D eigenvalue weighted by Gasteiger charge is -2.30. The molecule has 0 saturated carbocycles. The molecule has 0 aromatic heterocycles. The maximum atomic E-state index is 11.0. The minimum atomic E-state index is -2.31. The lowest BCUT2D eigenvalue weighted by Crippen LogP contribution is -2.34. The number of hydrogen-bond donors (Lipinski definition) is 1. The van der Waals surface area contributed by atoms with Crippen LogP contribution >= 0.6 is 0 Å². The molecule has 1 aromatic rings. The van der Waals surface area contributed by atoms with Gasteiger partial charge in [-0.15, -0.1) is 0 Å². The van der Waals surface area contributed by atoms with Gasteiger partial charge in [0.15, 0.2) is 0 Å². The molecule has 0 amide bonds. The summed E-state index contributed by atoms with van der Waals surface area (Å²) in [6.45, 7) is 5.69. The van der Waals surface area contributed by atoms with Crippen LogP contribution in [0.5, 0.6) is 0 Å². The summed E-state index contributed by atoms with van der Waals surface area (Å²) >= 11 is 0. The van der Waals surface area contributed by atoms with Crippen molar-refractivity contribution in [2.24, 2.45) is 0 Å².